The van der Waals surface area contributed by atoms with Crippen molar-refractivity contribution in [3.05, 3.63) is 42.5 Å². The fourth-order valence-electron chi connectivity index (χ4n) is 3.16. The summed E-state index contributed by atoms with van der Waals surface area (Å²) in [6, 6.07) is 12.4. The number of amides is 2. The summed E-state index contributed by atoms with van der Waals surface area (Å²) in [6.45, 7) is 5.40. The molecule has 0 radical (unpaired) electrons. The van der Waals surface area contributed by atoms with Crippen LogP contribution in [0.15, 0.2) is 42.5 Å². The minimum atomic E-state index is -0.580. The number of ether oxygens (including phenoxy) is 3. The zero-order valence-electron chi connectivity index (χ0n) is 18.4. The second kappa shape index (κ2) is 10.2. The average Bonchev–Trinajstić information content (AvgIpc) is 2.74. The van der Waals surface area contributed by atoms with Gasteiger partial charge in [-0.1, -0.05) is 0 Å². The van der Waals surface area contributed by atoms with Crippen molar-refractivity contribution in [1.82, 2.24) is 4.90 Å². The van der Waals surface area contributed by atoms with Gasteiger partial charge >= 0.3 is 0 Å². The molecule has 31 heavy (non-hydrogen) atoms. The summed E-state index contributed by atoms with van der Waals surface area (Å²) in [4.78, 5) is 28.6. The molecule has 166 valence electrons. The molecule has 0 saturated heterocycles. The molecule has 1 aliphatic rings. The average molecular weight is 428 g/mol. The highest BCUT2D eigenvalue weighted by atomic mass is 16.5. The van der Waals surface area contributed by atoms with Crippen molar-refractivity contribution < 1.29 is 23.8 Å². The van der Waals surface area contributed by atoms with Gasteiger partial charge in [0.05, 0.1) is 12.3 Å². The van der Waals surface area contributed by atoms with Crippen molar-refractivity contribution in [1.29, 1.82) is 0 Å². The van der Waals surface area contributed by atoms with Crippen LogP contribution in [0.3, 0.4) is 0 Å². The molecule has 0 saturated carbocycles. The van der Waals surface area contributed by atoms with Gasteiger partial charge in [-0.05, 0) is 64.3 Å². The van der Waals surface area contributed by atoms with Crippen LogP contribution < -0.4 is 24.4 Å². The number of fused-ring (bicyclic) bond motifs is 1. The molecule has 1 unspecified atom stereocenters. The number of hydrogen-bond acceptors (Lipinski definition) is 6. The van der Waals surface area contributed by atoms with Crippen LogP contribution in [0.1, 0.15) is 13.8 Å². The Kier molecular flexibility index (Phi) is 7.36. The number of benzene rings is 2. The molecule has 1 atom stereocenters. The summed E-state index contributed by atoms with van der Waals surface area (Å²) in [5.41, 5.74) is 1.28. The molecule has 8 nitrogen and oxygen atoms in total. The summed E-state index contributed by atoms with van der Waals surface area (Å²) >= 11 is 0. The molecule has 0 fully saturated rings. The Labute approximate surface area is 182 Å². The SMILES string of the molecule is CCOc1ccc(OCC(=O)Nc2ccc3c(c2)OC(C)C(=O)N3CCN(C)C)cc1. The topological polar surface area (TPSA) is 80.3 Å². The molecular formula is C23H29N3O5. The molecule has 2 aromatic rings. The summed E-state index contributed by atoms with van der Waals surface area (Å²) in [5.74, 6) is 1.53. The fourth-order valence-corrected chi connectivity index (χ4v) is 3.16. The molecule has 1 heterocycles. The second-order valence-electron chi connectivity index (χ2n) is 7.48. The summed E-state index contributed by atoms with van der Waals surface area (Å²) in [7, 11) is 3.92. The zero-order chi connectivity index (χ0) is 22.4. The predicted octanol–water partition coefficient (Wildman–Crippen LogP) is 2.78. The first kappa shape index (κ1) is 22.4. The van der Waals surface area contributed by atoms with Crippen molar-refractivity contribution in [3.8, 4) is 17.2 Å². The smallest absolute Gasteiger partial charge is 0.267 e. The molecule has 3 rings (SSSR count). The molecule has 8 heteroatoms. The molecular weight excluding hydrogens is 398 g/mol. The van der Waals surface area contributed by atoms with Crippen LogP contribution in [0.4, 0.5) is 11.4 Å². The number of likely N-dealkylation sites (N-methyl/N-ethyl adjacent to an activating group) is 1. The van der Waals surface area contributed by atoms with Crippen LogP contribution in [-0.2, 0) is 9.59 Å². The van der Waals surface area contributed by atoms with Gasteiger partial charge in [0.1, 0.15) is 17.2 Å². The minimum Gasteiger partial charge on any atom is -0.494 e. The van der Waals surface area contributed by atoms with Crippen molar-refractivity contribution >= 4 is 23.2 Å². The maximum absolute atomic E-state index is 12.5. The lowest BCUT2D eigenvalue weighted by molar-refractivity contribution is -0.125. The monoisotopic (exact) mass is 427 g/mol. The van der Waals surface area contributed by atoms with E-state index in [2.05, 4.69) is 5.32 Å². The van der Waals surface area contributed by atoms with E-state index in [0.29, 0.717) is 36.0 Å². The zero-order valence-corrected chi connectivity index (χ0v) is 18.4. The number of carbonyl (C=O) groups is 2. The first-order valence-corrected chi connectivity index (χ1v) is 10.3. The van der Waals surface area contributed by atoms with E-state index >= 15 is 0 Å². The quantitative estimate of drug-likeness (QED) is 0.663. The number of nitrogens with zero attached hydrogens (tertiary/aromatic N) is 2. The third kappa shape index (κ3) is 5.88. The molecule has 2 amide bonds. The summed E-state index contributed by atoms with van der Waals surface area (Å²) < 4.78 is 16.7. The van der Waals surface area contributed by atoms with Crippen molar-refractivity contribution in [2.45, 2.75) is 20.0 Å². The highest BCUT2D eigenvalue weighted by molar-refractivity contribution is 6.00. The van der Waals surface area contributed by atoms with E-state index in [0.717, 1.165) is 12.3 Å². The van der Waals surface area contributed by atoms with E-state index in [-0.39, 0.29) is 18.4 Å². The number of rotatable bonds is 9. The lowest BCUT2D eigenvalue weighted by Crippen LogP contribution is -2.46. The van der Waals surface area contributed by atoms with Gasteiger partial charge in [0, 0.05) is 24.8 Å². The van der Waals surface area contributed by atoms with E-state index in [1.807, 2.05) is 25.9 Å². The molecule has 2 aromatic carbocycles. The highest BCUT2D eigenvalue weighted by Gasteiger charge is 2.31. The van der Waals surface area contributed by atoms with Gasteiger partial charge in [-0.3, -0.25) is 9.59 Å². The van der Waals surface area contributed by atoms with Crippen LogP contribution in [0.5, 0.6) is 17.2 Å². The fraction of sp³-hybridized carbons (Fsp3) is 0.391. The molecule has 0 aromatic heterocycles. The Hall–Kier alpha value is -3.26. The molecule has 0 aliphatic carbocycles. The maximum Gasteiger partial charge on any atom is 0.267 e. The molecule has 1 aliphatic heterocycles. The van der Waals surface area contributed by atoms with Crippen LogP contribution >= 0.6 is 0 Å². The normalized spacial score (nSPS) is 15.3. The van der Waals surface area contributed by atoms with E-state index in [4.69, 9.17) is 14.2 Å². The Morgan fingerprint density at radius 1 is 1.13 bits per heavy atom. The molecule has 0 spiro atoms. The summed E-state index contributed by atoms with van der Waals surface area (Å²) in [6.07, 6.45) is -0.580. The Bertz CT molecular complexity index is 914. The number of nitrogens with one attached hydrogen (secondary N) is 1. The summed E-state index contributed by atoms with van der Waals surface area (Å²) in [5, 5.41) is 2.80. The van der Waals surface area contributed by atoms with Gasteiger partial charge < -0.3 is 29.3 Å². The highest BCUT2D eigenvalue weighted by Crippen LogP contribution is 2.36. The van der Waals surface area contributed by atoms with Crippen LogP contribution in [-0.4, -0.2) is 63.2 Å². The van der Waals surface area contributed by atoms with Gasteiger partial charge in [0.2, 0.25) is 0 Å². The second-order valence-corrected chi connectivity index (χ2v) is 7.48. The van der Waals surface area contributed by atoms with Crippen LogP contribution in [0, 0.1) is 0 Å². The number of anilines is 2. The largest absolute Gasteiger partial charge is 0.494 e. The third-order valence-corrected chi connectivity index (χ3v) is 4.73. The van der Waals surface area contributed by atoms with Gasteiger partial charge in [-0.2, -0.15) is 0 Å². The van der Waals surface area contributed by atoms with Gasteiger partial charge in [0.15, 0.2) is 12.7 Å². The van der Waals surface area contributed by atoms with Gasteiger partial charge in [0.25, 0.3) is 11.8 Å². The lowest BCUT2D eigenvalue weighted by atomic mass is 10.1. The van der Waals surface area contributed by atoms with Gasteiger partial charge in [-0.15, -0.1) is 0 Å². The Morgan fingerprint density at radius 3 is 2.45 bits per heavy atom. The van der Waals surface area contributed by atoms with E-state index in [1.165, 1.54) is 0 Å². The van der Waals surface area contributed by atoms with Gasteiger partial charge in [-0.25, -0.2) is 0 Å². The molecule has 1 N–H and O–H groups in total. The Balaban J connectivity index is 1.61. The Morgan fingerprint density at radius 2 is 1.81 bits per heavy atom. The first-order valence-electron chi connectivity index (χ1n) is 10.3. The van der Waals surface area contributed by atoms with Crippen molar-refractivity contribution in [3.63, 3.8) is 0 Å². The van der Waals surface area contributed by atoms with E-state index in [1.54, 1.807) is 54.3 Å². The molecule has 0 bridgehead atoms. The predicted molar refractivity (Wildman–Crippen MR) is 119 cm³/mol. The van der Waals surface area contributed by atoms with E-state index in [9.17, 15) is 9.59 Å². The number of carbonyl (C=O) groups excluding carboxylic acids is 2. The standard InChI is InChI=1S/C23H29N3O5/c1-5-29-18-7-9-19(10-8-18)30-15-22(27)24-17-6-11-20-21(14-17)31-16(2)23(28)26(20)13-12-25(3)4/h6-11,14,16H,5,12-13,15H2,1-4H3,(H,24,27). The number of hydrogen-bond donors (Lipinski definition) is 1. The van der Waals surface area contributed by atoms with Crippen molar-refractivity contribution in [2.24, 2.45) is 0 Å². The first-order chi connectivity index (χ1) is 14.9. The van der Waals surface area contributed by atoms with Crippen LogP contribution in [0.25, 0.3) is 0 Å². The lowest BCUT2D eigenvalue weighted by Gasteiger charge is -2.34. The van der Waals surface area contributed by atoms with Crippen molar-refractivity contribution in [2.75, 3.05) is 50.6 Å². The maximum atomic E-state index is 12.5. The van der Waals surface area contributed by atoms with Crippen LogP contribution in [0.2, 0.25) is 0 Å². The third-order valence-electron chi connectivity index (χ3n) is 4.73. The van der Waals surface area contributed by atoms with E-state index < -0.39 is 6.10 Å². The minimum absolute atomic E-state index is 0.0742.